The summed E-state index contributed by atoms with van der Waals surface area (Å²) in [5.74, 6) is 0. The SMILES string of the molecule is CC1COC(CO)CN1c1ccc(C=O)cc1[N+](=O)[O-]. The molecule has 1 fully saturated rings. The second-order valence-corrected chi connectivity index (χ2v) is 4.76. The lowest BCUT2D eigenvalue weighted by Crippen LogP contribution is -2.49. The van der Waals surface area contributed by atoms with Crippen molar-refractivity contribution < 1.29 is 19.6 Å². The average molecular weight is 280 g/mol. The number of hydrogen-bond acceptors (Lipinski definition) is 6. The Morgan fingerprint density at radius 3 is 2.95 bits per heavy atom. The lowest BCUT2D eigenvalue weighted by atomic mass is 10.1. The van der Waals surface area contributed by atoms with Gasteiger partial charge in [-0.25, -0.2) is 0 Å². The second kappa shape index (κ2) is 5.98. The van der Waals surface area contributed by atoms with Crippen molar-refractivity contribution in [3.8, 4) is 0 Å². The molecule has 1 heterocycles. The fraction of sp³-hybridized carbons (Fsp3) is 0.462. The number of aliphatic hydroxyl groups is 1. The standard InChI is InChI=1S/C13H16N2O5/c1-9-8-20-11(7-17)5-14(9)12-3-2-10(6-16)4-13(12)15(18)19/h2-4,6,9,11,17H,5,7-8H2,1H3. The van der Waals surface area contributed by atoms with Crippen LogP contribution in [0.2, 0.25) is 0 Å². The summed E-state index contributed by atoms with van der Waals surface area (Å²) in [6, 6.07) is 4.33. The number of nitro groups is 1. The minimum atomic E-state index is -0.502. The minimum Gasteiger partial charge on any atom is -0.394 e. The van der Waals surface area contributed by atoms with Gasteiger partial charge in [0.05, 0.1) is 24.2 Å². The number of aliphatic hydroxyl groups excluding tert-OH is 1. The summed E-state index contributed by atoms with van der Waals surface area (Å²) < 4.78 is 5.42. The fourth-order valence-corrected chi connectivity index (χ4v) is 2.27. The molecule has 0 amide bonds. The second-order valence-electron chi connectivity index (χ2n) is 4.76. The van der Waals surface area contributed by atoms with Gasteiger partial charge < -0.3 is 14.7 Å². The molecule has 2 atom stereocenters. The van der Waals surface area contributed by atoms with Crippen LogP contribution in [0.1, 0.15) is 17.3 Å². The van der Waals surface area contributed by atoms with Gasteiger partial charge in [0.1, 0.15) is 12.0 Å². The molecule has 0 aliphatic carbocycles. The summed E-state index contributed by atoms with van der Waals surface area (Å²) in [4.78, 5) is 23.2. The maximum absolute atomic E-state index is 11.2. The molecule has 1 saturated heterocycles. The van der Waals surface area contributed by atoms with E-state index in [4.69, 9.17) is 4.74 Å². The normalized spacial score (nSPS) is 22.6. The molecule has 1 aliphatic heterocycles. The summed E-state index contributed by atoms with van der Waals surface area (Å²) >= 11 is 0. The minimum absolute atomic E-state index is 0.0430. The molecule has 2 unspecified atom stereocenters. The molecule has 0 bridgehead atoms. The number of benzene rings is 1. The van der Waals surface area contributed by atoms with Gasteiger partial charge in [0.15, 0.2) is 0 Å². The molecule has 108 valence electrons. The number of nitrogens with zero attached hydrogens (tertiary/aromatic N) is 2. The molecule has 2 rings (SSSR count). The zero-order chi connectivity index (χ0) is 14.7. The molecule has 7 heteroatoms. The highest BCUT2D eigenvalue weighted by atomic mass is 16.6. The molecule has 7 nitrogen and oxygen atoms in total. The van der Waals surface area contributed by atoms with Crippen LogP contribution >= 0.6 is 0 Å². The molecule has 1 aromatic rings. The lowest BCUT2D eigenvalue weighted by Gasteiger charge is -2.38. The third kappa shape index (κ3) is 2.78. The largest absolute Gasteiger partial charge is 0.394 e. The van der Waals surface area contributed by atoms with Gasteiger partial charge in [0.2, 0.25) is 0 Å². The lowest BCUT2D eigenvalue weighted by molar-refractivity contribution is -0.384. The number of aldehydes is 1. The zero-order valence-electron chi connectivity index (χ0n) is 11.1. The quantitative estimate of drug-likeness (QED) is 0.502. The van der Waals surface area contributed by atoms with Gasteiger partial charge in [-0.2, -0.15) is 0 Å². The Hall–Kier alpha value is -1.99. The molecule has 1 aliphatic rings. The average Bonchev–Trinajstić information content (AvgIpc) is 2.47. The van der Waals surface area contributed by atoms with Gasteiger partial charge in [0.25, 0.3) is 5.69 Å². The van der Waals surface area contributed by atoms with E-state index in [9.17, 15) is 20.0 Å². The first-order valence-electron chi connectivity index (χ1n) is 6.29. The Morgan fingerprint density at radius 1 is 1.60 bits per heavy atom. The predicted molar refractivity (Wildman–Crippen MR) is 72.1 cm³/mol. The molecule has 1 N–H and O–H groups in total. The molecule has 20 heavy (non-hydrogen) atoms. The van der Waals surface area contributed by atoms with E-state index in [0.717, 1.165) is 0 Å². The Labute approximate surface area is 115 Å². The first-order chi connectivity index (χ1) is 9.56. The van der Waals surface area contributed by atoms with Crippen LogP contribution in [-0.2, 0) is 4.74 Å². The molecule has 1 aromatic carbocycles. The van der Waals surface area contributed by atoms with E-state index in [1.165, 1.54) is 6.07 Å². The van der Waals surface area contributed by atoms with Crippen LogP contribution in [0, 0.1) is 10.1 Å². The number of rotatable bonds is 4. The maximum atomic E-state index is 11.2. The summed E-state index contributed by atoms with van der Waals surface area (Å²) in [7, 11) is 0. The van der Waals surface area contributed by atoms with Crippen LogP contribution in [0.25, 0.3) is 0 Å². The van der Waals surface area contributed by atoms with Crippen LogP contribution in [0.4, 0.5) is 11.4 Å². The zero-order valence-corrected chi connectivity index (χ0v) is 11.1. The van der Waals surface area contributed by atoms with Gasteiger partial charge in [0, 0.05) is 24.2 Å². The van der Waals surface area contributed by atoms with E-state index >= 15 is 0 Å². The third-order valence-corrected chi connectivity index (χ3v) is 3.35. The van der Waals surface area contributed by atoms with Crippen LogP contribution in [0.5, 0.6) is 0 Å². The topological polar surface area (TPSA) is 92.9 Å². The van der Waals surface area contributed by atoms with Crippen LogP contribution in [-0.4, -0.2) is 48.2 Å². The van der Waals surface area contributed by atoms with Crippen molar-refractivity contribution in [2.75, 3.05) is 24.7 Å². The Balaban J connectivity index is 2.39. The van der Waals surface area contributed by atoms with Crippen molar-refractivity contribution in [1.29, 1.82) is 0 Å². The number of anilines is 1. The number of carbonyl (C=O) groups is 1. The highest BCUT2D eigenvalue weighted by molar-refractivity contribution is 5.79. The van der Waals surface area contributed by atoms with Crippen LogP contribution in [0.15, 0.2) is 18.2 Å². The van der Waals surface area contributed by atoms with Gasteiger partial charge in [-0.3, -0.25) is 14.9 Å². The summed E-state index contributed by atoms with van der Waals surface area (Å²) in [6.45, 7) is 2.52. The Morgan fingerprint density at radius 2 is 2.35 bits per heavy atom. The first-order valence-corrected chi connectivity index (χ1v) is 6.29. The third-order valence-electron chi connectivity index (χ3n) is 3.35. The van der Waals surface area contributed by atoms with Crippen molar-refractivity contribution in [3.05, 3.63) is 33.9 Å². The highest BCUT2D eigenvalue weighted by Crippen LogP contribution is 2.32. The predicted octanol–water partition coefficient (Wildman–Crippen LogP) is 0.993. The van der Waals surface area contributed by atoms with Crippen molar-refractivity contribution in [3.63, 3.8) is 0 Å². The number of morpholine rings is 1. The maximum Gasteiger partial charge on any atom is 0.293 e. The van der Waals surface area contributed by atoms with Crippen LogP contribution < -0.4 is 4.90 Å². The van der Waals surface area contributed by atoms with E-state index in [2.05, 4.69) is 0 Å². The van der Waals surface area contributed by atoms with Gasteiger partial charge in [-0.05, 0) is 19.1 Å². The van der Waals surface area contributed by atoms with E-state index in [1.54, 1.807) is 12.1 Å². The highest BCUT2D eigenvalue weighted by Gasteiger charge is 2.30. The summed E-state index contributed by atoms with van der Waals surface area (Å²) in [5.41, 5.74) is 0.593. The van der Waals surface area contributed by atoms with Crippen molar-refractivity contribution in [1.82, 2.24) is 0 Å². The molecular formula is C13H16N2O5. The van der Waals surface area contributed by atoms with E-state index in [0.29, 0.717) is 25.1 Å². The molecule has 0 saturated carbocycles. The van der Waals surface area contributed by atoms with Gasteiger partial charge in [-0.1, -0.05) is 0 Å². The smallest absolute Gasteiger partial charge is 0.293 e. The molecule has 0 aromatic heterocycles. The van der Waals surface area contributed by atoms with E-state index in [-0.39, 0.29) is 30.0 Å². The van der Waals surface area contributed by atoms with Crippen molar-refractivity contribution >= 4 is 17.7 Å². The van der Waals surface area contributed by atoms with Gasteiger partial charge >= 0.3 is 0 Å². The first kappa shape index (κ1) is 14.4. The number of ether oxygens (including phenoxy) is 1. The van der Waals surface area contributed by atoms with Crippen LogP contribution in [0.3, 0.4) is 0 Å². The fourth-order valence-electron chi connectivity index (χ4n) is 2.27. The molecule has 0 spiro atoms. The molecule has 0 radical (unpaired) electrons. The number of hydrogen-bond donors (Lipinski definition) is 1. The summed E-state index contributed by atoms with van der Waals surface area (Å²) in [5, 5.41) is 20.3. The van der Waals surface area contributed by atoms with E-state index < -0.39 is 4.92 Å². The van der Waals surface area contributed by atoms with Crippen molar-refractivity contribution in [2.24, 2.45) is 0 Å². The van der Waals surface area contributed by atoms with Gasteiger partial charge in [-0.15, -0.1) is 0 Å². The summed E-state index contributed by atoms with van der Waals surface area (Å²) in [6.07, 6.45) is 0.215. The molecular weight excluding hydrogens is 264 g/mol. The van der Waals surface area contributed by atoms with Crippen molar-refractivity contribution in [2.45, 2.75) is 19.1 Å². The van der Waals surface area contributed by atoms with E-state index in [1.807, 2.05) is 11.8 Å². The number of carbonyl (C=O) groups excluding carboxylic acids is 1. The Kier molecular flexibility index (Phi) is 4.31. The Bertz CT molecular complexity index is 519. The number of nitro benzene ring substituents is 1. The monoisotopic (exact) mass is 280 g/mol.